The van der Waals surface area contributed by atoms with Gasteiger partial charge in [-0.15, -0.1) is 0 Å². The van der Waals surface area contributed by atoms with Crippen molar-refractivity contribution in [2.24, 2.45) is 11.8 Å². The molecule has 2 rings (SSSR count). The summed E-state index contributed by atoms with van der Waals surface area (Å²) in [6.45, 7) is 2.03. The molecule has 0 unspecified atom stereocenters. The Morgan fingerprint density at radius 1 is 1.25 bits per heavy atom. The Morgan fingerprint density at radius 2 is 2.00 bits per heavy atom. The molecule has 0 radical (unpaired) electrons. The molecule has 5 heteroatoms. The average molecular weight is 282 g/mol. The van der Waals surface area contributed by atoms with E-state index in [1.54, 1.807) is 6.92 Å². The lowest BCUT2D eigenvalue weighted by Gasteiger charge is -2.03. The first-order valence-electron chi connectivity index (χ1n) is 6.66. The maximum atomic E-state index is 13.0. The van der Waals surface area contributed by atoms with Gasteiger partial charge in [-0.3, -0.25) is 9.59 Å². The number of aryl methyl sites for hydroxylation is 1. The van der Waals surface area contributed by atoms with Crippen molar-refractivity contribution in [3.63, 3.8) is 0 Å². The molecular formula is C15H16F2O3. The topological polar surface area (TPSA) is 43.4 Å². The molecule has 1 saturated carbocycles. The van der Waals surface area contributed by atoms with Gasteiger partial charge >= 0.3 is 5.97 Å². The van der Waals surface area contributed by atoms with Crippen LogP contribution < -0.4 is 0 Å². The zero-order valence-corrected chi connectivity index (χ0v) is 11.2. The number of hydrogen-bond donors (Lipinski definition) is 0. The summed E-state index contributed by atoms with van der Waals surface area (Å²) >= 11 is 0. The van der Waals surface area contributed by atoms with Gasteiger partial charge in [0, 0.05) is 12.3 Å². The Balaban J connectivity index is 1.82. The van der Waals surface area contributed by atoms with Crippen LogP contribution in [0.1, 0.15) is 25.3 Å². The summed E-state index contributed by atoms with van der Waals surface area (Å²) in [4.78, 5) is 23.3. The number of ketones is 1. The van der Waals surface area contributed by atoms with Crippen LogP contribution >= 0.6 is 0 Å². The van der Waals surface area contributed by atoms with E-state index >= 15 is 0 Å². The van der Waals surface area contributed by atoms with Crippen LogP contribution in [-0.4, -0.2) is 18.4 Å². The molecule has 1 aliphatic carbocycles. The van der Waals surface area contributed by atoms with Crippen LogP contribution in [0.5, 0.6) is 0 Å². The zero-order valence-electron chi connectivity index (χ0n) is 11.2. The standard InChI is InChI=1S/C15H16F2O3/c1-2-20-15(19)11-8-10(11)14(18)6-4-9-3-5-12(16)13(17)7-9/h3,5,7,10-11H,2,4,6,8H2,1H3/t10-,11-/m0/s1. The van der Waals surface area contributed by atoms with Gasteiger partial charge in [0.05, 0.1) is 12.5 Å². The first kappa shape index (κ1) is 14.6. The maximum Gasteiger partial charge on any atom is 0.309 e. The van der Waals surface area contributed by atoms with Crippen molar-refractivity contribution in [1.29, 1.82) is 0 Å². The summed E-state index contributed by atoms with van der Waals surface area (Å²) in [6, 6.07) is 3.60. The number of Topliss-reactive ketones (excluding diaryl/α,β-unsaturated/α-hetero) is 1. The van der Waals surface area contributed by atoms with Crippen molar-refractivity contribution in [3.05, 3.63) is 35.4 Å². The monoisotopic (exact) mass is 282 g/mol. The quantitative estimate of drug-likeness (QED) is 0.753. The molecule has 0 spiro atoms. The van der Waals surface area contributed by atoms with Gasteiger partial charge in [-0.2, -0.15) is 0 Å². The smallest absolute Gasteiger partial charge is 0.309 e. The molecule has 0 N–H and O–H groups in total. The van der Waals surface area contributed by atoms with Gasteiger partial charge < -0.3 is 4.74 Å². The molecule has 0 heterocycles. The van der Waals surface area contributed by atoms with E-state index in [1.165, 1.54) is 6.07 Å². The summed E-state index contributed by atoms with van der Waals surface area (Å²) in [5.74, 6) is -2.73. The van der Waals surface area contributed by atoms with E-state index in [2.05, 4.69) is 0 Å². The Kier molecular flexibility index (Phi) is 4.47. The summed E-state index contributed by atoms with van der Waals surface area (Å²) in [5.41, 5.74) is 0.575. The van der Waals surface area contributed by atoms with Gasteiger partial charge in [-0.25, -0.2) is 8.78 Å². The summed E-state index contributed by atoms with van der Waals surface area (Å²) in [5, 5.41) is 0. The molecule has 2 atom stereocenters. The van der Waals surface area contributed by atoms with E-state index in [-0.39, 0.29) is 30.0 Å². The first-order chi connectivity index (χ1) is 9.52. The van der Waals surface area contributed by atoms with E-state index in [9.17, 15) is 18.4 Å². The van der Waals surface area contributed by atoms with Crippen LogP contribution in [-0.2, 0) is 20.7 Å². The first-order valence-corrected chi connectivity index (χ1v) is 6.66. The van der Waals surface area contributed by atoms with Crippen molar-refractivity contribution >= 4 is 11.8 Å². The van der Waals surface area contributed by atoms with E-state index in [4.69, 9.17) is 4.74 Å². The minimum absolute atomic E-state index is 0.0206. The van der Waals surface area contributed by atoms with Crippen LogP contribution in [0.4, 0.5) is 8.78 Å². The molecule has 1 aromatic rings. The Labute approximate surface area is 115 Å². The van der Waals surface area contributed by atoms with Gasteiger partial charge in [0.15, 0.2) is 11.6 Å². The highest BCUT2D eigenvalue weighted by Gasteiger charge is 2.48. The predicted octanol–water partition coefficient (Wildman–Crippen LogP) is 2.67. The van der Waals surface area contributed by atoms with E-state index < -0.39 is 11.6 Å². The third-order valence-electron chi connectivity index (χ3n) is 3.44. The number of carbonyl (C=O) groups excluding carboxylic acids is 2. The highest BCUT2D eigenvalue weighted by Crippen LogP contribution is 2.41. The van der Waals surface area contributed by atoms with Crippen molar-refractivity contribution in [3.8, 4) is 0 Å². The van der Waals surface area contributed by atoms with Crippen molar-refractivity contribution in [2.45, 2.75) is 26.2 Å². The van der Waals surface area contributed by atoms with E-state index in [0.29, 0.717) is 25.0 Å². The third kappa shape index (κ3) is 3.40. The lowest BCUT2D eigenvalue weighted by atomic mass is 10.0. The maximum absolute atomic E-state index is 13.0. The molecule has 1 aromatic carbocycles. The second-order valence-electron chi connectivity index (χ2n) is 4.92. The van der Waals surface area contributed by atoms with Gasteiger partial charge in [0.2, 0.25) is 0 Å². The van der Waals surface area contributed by atoms with Crippen molar-refractivity contribution in [1.82, 2.24) is 0 Å². The molecule has 108 valence electrons. The van der Waals surface area contributed by atoms with Crippen LogP contribution in [0.25, 0.3) is 0 Å². The van der Waals surface area contributed by atoms with Crippen molar-refractivity contribution < 1.29 is 23.1 Å². The minimum atomic E-state index is -0.911. The fraction of sp³-hybridized carbons (Fsp3) is 0.467. The van der Waals surface area contributed by atoms with Gasteiger partial charge in [0.1, 0.15) is 5.78 Å². The summed E-state index contributed by atoms with van der Waals surface area (Å²) < 4.78 is 30.6. The zero-order chi connectivity index (χ0) is 14.7. The molecular weight excluding hydrogens is 266 g/mol. The highest BCUT2D eigenvalue weighted by atomic mass is 19.2. The van der Waals surface area contributed by atoms with Crippen LogP contribution in [0.2, 0.25) is 0 Å². The van der Waals surface area contributed by atoms with Gasteiger partial charge in [-0.05, 0) is 37.5 Å². The molecule has 0 saturated heterocycles. The number of ether oxygens (including phenoxy) is 1. The van der Waals surface area contributed by atoms with E-state index in [0.717, 1.165) is 12.1 Å². The average Bonchev–Trinajstić information content (AvgIpc) is 3.20. The molecule has 0 aromatic heterocycles. The van der Waals surface area contributed by atoms with Gasteiger partial charge in [-0.1, -0.05) is 6.07 Å². The molecule has 20 heavy (non-hydrogen) atoms. The van der Waals surface area contributed by atoms with Crippen LogP contribution in [0.15, 0.2) is 18.2 Å². The fourth-order valence-electron chi connectivity index (χ4n) is 2.21. The number of halogens is 2. The Hall–Kier alpha value is -1.78. The molecule has 1 fully saturated rings. The molecule has 0 bridgehead atoms. The number of esters is 1. The second kappa shape index (κ2) is 6.11. The summed E-state index contributed by atoms with van der Waals surface area (Å²) in [7, 11) is 0. The minimum Gasteiger partial charge on any atom is -0.466 e. The third-order valence-corrected chi connectivity index (χ3v) is 3.44. The highest BCUT2D eigenvalue weighted by molar-refractivity contribution is 5.91. The summed E-state index contributed by atoms with van der Waals surface area (Å²) in [6.07, 6.45) is 1.11. The molecule has 0 amide bonds. The van der Waals surface area contributed by atoms with Crippen LogP contribution in [0, 0.1) is 23.5 Å². The number of rotatable bonds is 6. The predicted molar refractivity (Wildman–Crippen MR) is 67.9 cm³/mol. The Bertz CT molecular complexity index is 528. The largest absolute Gasteiger partial charge is 0.466 e. The lowest BCUT2D eigenvalue weighted by Crippen LogP contribution is -2.12. The van der Waals surface area contributed by atoms with Gasteiger partial charge in [0.25, 0.3) is 0 Å². The normalized spacial score (nSPS) is 20.6. The lowest BCUT2D eigenvalue weighted by molar-refractivity contribution is -0.145. The van der Waals surface area contributed by atoms with Crippen LogP contribution in [0.3, 0.4) is 0 Å². The molecule has 1 aliphatic rings. The van der Waals surface area contributed by atoms with E-state index in [1.807, 2.05) is 0 Å². The second-order valence-corrected chi connectivity index (χ2v) is 4.92. The number of benzene rings is 1. The number of carbonyl (C=O) groups is 2. The molecule has 0 aliphatic heterocycles. The number of hydrogen-bond acceptors (Lipinski definition) is 3. The SMILES string of the molecule is CCOC(=O)[C@H]1C[C@@H]1C(=O)CCc1ccc(F)c(F)c1. The van der Waals surface area contributed by atoms with Crippen molar-refractivity contribution in [2.75, 3.05) is 6.61 Å². The molecule has 3 nitrogen and oxygen atoms in total. The fourth-order valence-corrected chi connectivity index (χ4v) is 2.21. The Morgan fingerprint density at radius 3 is 2.65 bits per heavy atom.